The quantitative estimate of drug-likeness (QED) is 0.289. The van der Waals surface area contributed by atoms with Crippen molar-refractivity contribution < 1.29 is 14.3 Å². The standard InChI is InChI=1S/C28H23ClN2O3/c1-18(2)17-33-23-11-8-19(9-12-23)27-20(16-31(30-27)22-6-4-3-5-7-22)14-26-28(32)24-15-21(29)10-13-25(24)34-26/h3-16,18H,17H2,1-2H3/b26-14-. The summed E-state index contributed by atoms with van der Waals surface area (Å²) in [6.45, 7) is 4.88. The number of nitrogens with zero attached hydrogens (tertiary/aromatic N) is 2. The predicted molar refractivity (Wildman–Crippen MR) is 134 cm³/mol. The Morgan fingerprint density at radius 2 is 1.82 bits per heavy atom. The van der Waals surface area contributed by atoms with Gasteiger partial charge in [0.15, 0.2) is 5.76 Å². The lowest BCUT2D eigenvalue weighted by atomic mass is 10.1. The second-order valence-electron chi connectivity index (χ2n) is 8.52. The smallest absolute Gasteiger partial charge is 0.232 e. The minimum atomic E-state index is -0.201. The Hall–Kier alpha value is -3.83. The van der Waals surface area contributed by atoms with Gasteiger partial charge in [0.05, 0.1) is 17.9 Å². The third kappa shape index (κ3) is 4.47. The fraction of sp³-hybridized carbons (Fsp3) is 0.143. The Morgan fingerprint density at radius 1 is 1.06 bits per heavy atom. The van der Waals surface area contributed by atoms with Crippen LogP contribution in [-0.2, 0) is 0 Å². The minimum Gasteiger partial charge on any atom is -0.493 e. The number of rotatable bonds is 6. The first-order chi connectivity index (χ1) is 16.5. The molecule has 1 aliphatic heterocycles. The van der Waals surface area contributed by atoms with Gasteiger partial charge in [-0.2, -0.15) is 5.10 Å². The number of hydrogen-bond donors (Lipinski definition) is 0. The molecule has 0 fully saturated rings. The van der Waals surface area contributed by atoms with E-state index in [1.54, 1.807) is 29.0 Å². The lowest BCUT2D eigenvalue weighted by molar-refractivity contribution is 0.101. The van der Waals surface area contributed by atoms with Crippen LogP contribution in [0.5, 0.6) is 11.5 Å². The summed E-state index contributed by atoms with van der Waals surface area (Å²) in [5, 5.41) is 5.32. The van der Waals surface area contributed by atoms with E-state index in [0.717, 1.165) is 28.3 Å². The first-order valence-corrected chi connectivity index (χ1v) is 11.5. The van der Waals surface area contributed by atoms with Gasteiger partial charge in [0.1, 0.15) is 17.2 Å². The van der Waals surface area contributed by atoms with Crippen molar-refractivity contribution in [1.82, 2.24) is 9.78 Å². The predicted octanol–water partition coefficient (Wildman–Crippen LogP) is 6.84. The number of benzene rings is 3. The van der Waals surface area contributed by atoms with Gasteiger partial charge in [0.2, 0.25) is 5.78 Å². The van der Waals surface area contributed by atoms with Gasteiger partial charge < -0.3 is 9.47 Å². The van der Waals surface area contributed by atoms with Crippen molar-refractivity contribution in [3.8, 4) is 28.4 Å². The zero-order valence-electron chi connectivity index (χ0n) is 18.9. The van der Waals surface area contributed by atoms with Crippen molar-refractivity contribution in [2.75, 3.05) is 6.61 Å². The molecule has 2 heterocycles. The SMILES string of the molecule is CC(C)COc1ccc(-c2nn(-c3ccccc3)cc2/C=C2\Oc3ccc(Cl)cc3C2=O)cc1. The first-order valence-electron chi connectivity index (χ1n) is 11.1. The Labute approximate surface area is 203 Å². The number of carbonyl (C=O) groups excluding carboxylic acids is 1. The fourth-order valence-electron chi connectivity index (χ4n) is 3.70. The van der Waals surface area contributed by atoms with Crippen LogP contribution in [0.4, 0.5) is 0 Å². The normalized spacial score (nSPS) is 13.9. The molecule has 1 aromatic heterocycles. The molecule has 5 nitrogen and oxygen atoms in total. The summed E-state index contributed by atoms with van der Waals surface area (Å²) in [6.07, 6.45) is 3.63. The van der Waals surface area contributed by atoms with Crippen molar-refractivity contribution >= 4 is 23.5 Å². The van der Waals surface area contributed by atoms with E-state index < -0.39 is 0 Å². The maximum absolute atomic E-state index is 13.0. The summed E-state index contributed by atoms with van der Waals surface area (Å²) in [4.78, 5) is 13.0. The first kappa shape index (κ1) is 22.0. The van der Waals surface area contributed by atoms with Crippen molar-refractivity contribution in [3.63, 3.8) is 0 Å². The van der Waals surface area contributed by atoms with Crippen molar-refractivity contribution in [1.29, 1.82) is 0 Å². The molecule has 0 spiro atoms. The molecule has 1 aliphatic rings. The highest BCUT2D eigenvalue weighted by molar-refractivity contribution is 6.31. The van der Waals surface area contributed by atoms with Crippen LogP contribution < -0.4 is 9.47 Å². The Bertz CT molecular complexity index is 1370. The Morgan fingerprint density at radius 3 is 2.56 bits per heavy atom. The van der Waals surface area contributed by atoms with Crippen molar-refractivity contribution in [2.24, 2.45) is 5.92 Å². The van der Waals surface area contributed by atoms with Crippen molar-refractivity contribution in [2.45, 2.75) is 13.8 Å². The van der Waals surface area contributed by atoms with E-state index in [0.29, 0.717) is 28.9 Å². The number of halogens is 1. The summed E-state index contributed by atoms with van der Waals surface area (Å²) >= 11 is 6.07. The summed E-state index contributed by atoms with van der Waals surface area (Å²) in [5.41, 5.74) is 3.78. The van der Waals surface area contributed by atoms with Gasteiger partial charge in [-0.1, -0.05) is 43.6 Å². The number of fused-ring (bicyclic) bond motifs is 1. The molecule has 0 atom stereocenters. The number of Topliss-reactive ketones (excluding diaryl/α,β-unsaturated/α-hetero) is 1. The third-order valence-corrected chi connectivity index (χ3v) is 5.63. The average Bonchev–Trinajstić information content (AvgIpc) is 3.40. The molecule has 5 rings (SSSR count). The molecule has 0 saturated heterocycles. The van der Waals surface area contributed by atoms with E-state index in [9.17, 15) is 4.79 Å². The topological polar surface area (TPSA) is 53.4 Å². The molecular weight excluding hydrogens is 448 g/mol. The molecule has 4 aromatic rings. The number of carbonyl (C=O) groups is 1. The lowest BCUT2D eigenvalue weighted by Gasteiger charge is -2.09. The van der Waals surface area contributed by atoms with E-state index in [-0.39, 0.29) is 11.5 Å². The van der Waals surface area contributed by atoms with Crippen LogP contribution in [0.3, 0.4) is 0 Å². The zero-order valence-corrected chi connectivity index (χ0v) is 19.6. The monoisotopic (exact) mass is 470 g/mol. The van der Waals surface area contributed by atoms with Crippen LogP contribution in [0, 0.1) is 5.92 Å². The Balaban J connectivity index is 1.54. The highest BCUT2D eigenvalue weighted by atomic mass is 35.5. The van der Waals surface area contributed by atoms with E-state index in [2.05, 4.69) is 13.8 Å². The van der Waals surface area contributed by atoms with Gasteiger partial charge in [0.25, 0.3) is 0 Å². The molecule has 0 amide bonds. The Kier molecular flexibility index (Phi) is 5.95. The molecule has 0 saturated carbocycles. The van der Waals surface area contributed by atoms with E-state index in [1.165, 1.54) is 0 Å². The van der Waals surface area contributed by atoms with Gasteiger partial charge in [-0.15, -0.1) is 0 Å². The maximum Gasteiger partial charge on any atom is 0.232 e. The fourth-order valence-corrected chi connectivity index (χ4v) is 3.88. The largest absolute Gasteiger partial charge is 0.493 e. The summed E-state index contributed by atoms with van der Waals surface area (Å²) < 4.78 is 13.5. The molecule has 34 heavy (non-hydrogen) atoms. The number of aromatic nitrogens is 2. The van der Waals surface area contributed by atoms with Crippen LogP contribution in [0.1, 0.15) is 29.8 Å². The number of allylic oxidation sites excluding steroid dienone is 1. The summed E-state index contributed by atoms with van der Waals surface area (Å²) in [6, 6.07) is 22.7. The van der Waals surface area contributed by atoms with E-state index >= 15 is 0 Å². The lowest BCUT2D eigenvalue weighted by Crippen LogP contribution is -2.04. The van der Waals surface area contributed by atoms with Gasteiger partial charge in [-0.05, 0) is 66.6 Å². The molecule has 0 N–H and O–H groups in total. The number of para-hydroxylation sites is 1. The molecule has 6 heteroatoms. The molecule has 0 bridgehead atoms. The van der Waals surface area contributed by atoms with Crippen molar-refractivity contribution in [3.05, 3.63) is 101 Å². The highest BCUT2D eigenvalue weighted by Crippen LogP contribution is 2.35. The molecule has 3 aromatic carbocycles. The average molecular weight is 471 g/mol. The molecule has 0 aliphatic carbocycles. The minimum absolute atomic E-state index is 0.201. The van der Waals surface area contributed by atoms with E-state index in [4.69, 9.17) is 26.2 Å². The third-order valence-electron chi connectivity index (χ3n) is 5.39. The molecule has 0 radical (unpaired) electrons. The van der Waals surface area contributed by atoms with E-state index in [1.807, 2.05) is 60.8 Å². The summed E-state index contributed by atoms with van der Waals surface area (Å²) in [7, 11) is 0. The van der Waals surface area contributed by atoms with Crippen LogP contribution in [0.15, 0.2) is 84.8 Å². The van der Waals surface area contributed by atoms with Gasteiger partial charge in [-0.3, -0.25) is 4.79 Å². The maximum atomic E-state index is 13.0. The molecular formula is C28H23ClN2O3. The van der Waals surface area contributed by atoms with Crippen LogP contribution in [-0.4, -0.2) is 22.2 Å². The van der Waals surface area contributed by atoms with Crippen LogP contribution >= 0.6 is 11.6 Å². The van der Waals surface area contributed by atoms with Crippen LogP contribution in [0.2, 0.25) is 5.02 Å². The number of ketones is 1. The van der Waals surface area contributed by atoms with Gasteiger partial charge in [0, 0.05) is 22.3 Å². The number of ether oxygens (including phenoxy) is 2. The zero-order chi connectivity index (χ0) is 23.7. The highest BCUT2D eigenvalue weighted by Gasteiger charge is 2.28. The second-order valence-corrected chi connectivity index (χ2v) is 8.96. The molecule has 170 valence electrons. The summed E-state index contributed by atoms with van der Waals surface area (Å²) in [5.74, 6) is 1.80. The number of hydrogen-bond acceptors (Lipinski definition) is 4. The van der Waals surface area contributed by atoms with Gasteiger partial charge in [-0.25, -0.2) is 4.68 Å². The second kappa shape index (κ2) is 9.20. The van der Waals surface area contributed by atoms with Gasteiger partial charge >= 0.3 is 0 Å². The van der Waals surface area contributed by atoms with Crippen LogP contribution in [0.25, 0.3) is 23.0 Å². The molecule has 0 unspecified atom stereocenters.